The van der Waals surface area contributed by atoms with Crippen LogP contribution in [0.4, 0.5) is 0 Å². The second-order valence-corrected chi connectivity index (χ2v) is 4.80. The zero-order chi connectivity index (χ0) is 9.64. The molecule has 1 heterocycles. The predicted molar refractivity (Wildman–Crippen MR) is 59.6 cm³/mol. The van der Waals surface area contributed by atoms with Gasteiger partial charge in [0.25, 0.3) is 0 Å². The summed E-state index contributed by atoms with van der Waals surface area (Å²) in [5.41, 5.74) is 0. The molecule has 1 nitrogen and oxygen atoms in total. The van der Waals surface area contributed by atoms with Crippen LogP contribution in [0.1, 0.15) is 5.76 Å². The molecular formula is C12H10OSe. The summed E-state index contributed by atoms with van der Waals surface area (Å²) in [6.07, 6.45) is 3.71. The van der Waals surface area contributed by atoms with Crippen LogP contribution in [0.2, 0.25) is 0 Å². The van der Waals surface area contributed by atoms with Crippen molar-refractivity contribution in [2.24, 2.45) is 0 Å². The molecule has 0 N–H and O–H groups in total. The topological polar surface area (TPSA) is 13.1 Å². The molecule has 0 fully saturated rings. The van der Waals surface area contributed by atoms with Gasteiger partial charge < -0.3 is 0 Å². The molecule has 0 aliphatic rings. The summed E-state index contributed by atoms with van der Waals surface area (Å²) in [6, 6.07) is 14.3. The molecule has 0 aliphatic heterocycles. The average Bonchev–Trinajstić information content (AvgIpc) is 2.72. The third-order valence-corrected chi connectivity index (χ3v) is 3.44. The molecule has 0 amide bonds. The van der Waals surface area contributed by atoms with Gasteiger partial charge in [0.2, 0.25) is 0 Å². The third-order valence-electron chi connectivity index (χ3n) is 1.72. The van der Waals surface area contributed by atoms with Crippen molar-refractivity contribution in [1.82, 2.24) is 0 Å². The summed E-state index contributed by atoms with van der Waals surface area (Å²) in [7, 11) is 0. The standard InChI is InChI=1S/C12H10OSe/c1-2-6-12(7-3-1)14-10-8-11-5-4-9-13-11/h1-10H/b10-8-. The normalized spacial score (nSPS) is 10.9. The average molecular weight is 249 g/mol. The van der Waals surface area contributed by atoms with E-state index in [1.165, 1.54) is 4.46 Å². The maximum absolute atomic E-state index is 5.19. The summed E-state index contributed by atoms with van der Waals surface area (Å²) in [6.45, 7) is 0. The Bertz CT molecular complexity index is 390. The molecule has 0 spiro atoms. The minimum atomic E-state index is 0.397. The summed E-state index contributed by atoms with van der Waals surface area (Å²) in [5, 5.41) is 0. The SMILES string of the molecule is C(=C/c1ccco1)/[Se]c1ccccc1. The fourth-order valence-electron chi connectivity index (χ4n) is 1.06. The van der Waals surface area contributed by atoms with Crippen LogP contribution in [-0.2, 0) is 0 Å². The monoisotopic (exact) mass is 250 g/mol. The maximum atomic E-state index is 5.19. The van der Waals surface area contributed by atoms with Gasteiger partial charge in [-0.1, -0.05) is 0 Å². The van der Waals surface area contributed by atoms with Crippen molar-refractivity contribution >= 4 is 25.5 Å². The number of furan rings is 1. The van der Waals surface area contributed by atoms with E-state index in [0.29, 0.717) is 15.0 Å². The molecule has 2 rings (SSSR count). The summed E-state index contributed by atoms with van der Waals surface area (Å²) in [4.78, 5) is 2.17. The number of hydrogen-bond donors (Lipinski definition) is 0. The van der Waals surface area contributed by atoms with Gasteiger partial charge in [-0.3, -0.25) is 0 Å². The number of hydrogen-bond acceptors (Lipinski definition) is 1. The van der Waals surface area contributed by atoms with Crippen molar-refractivity contribution < 1.29 is 4.42 Å². The Balaban J connectivity index is 1.95. The summed E-state index contributed by atoms with van der Waals surface area (Å²) < 4.78 is 6.57. The second kappa shape index (κ2) is 4.85. The Hall–Kier alpha value is -1.24. The molecule has 0 atom stereocenters. The van der Waals surface area contributed by atoms with Crippen molar-refractivity contribution in [2.45, 2.75) is 0 Å². The van der Waals surface area contributed by atoms with Crippen LogP contribution in [0, 0.1) is 0 Å². The van der Waals surface area contributed by atoms with Crippen molar-refractivity contribution in [3.8, 4) is 0 Å². The Morgan fingerprint density at radius 2 is 1.86 bits per heavy atom. The first-order valence-corrected chi connectivity index (χ1v) is 6.21. The van der Waals surface area contributed by atoms with Crippen LogP contribution in [0.25, 0.3) is 6.08 Å². The zero-order valence-corrected chi connectivity index (χ0v) is 9.30. The van der Waals surface area contributed by atoms with Gasteiger partial charge in [-0.25, -0.2) is 0 Å². The Morgan fingerprint density at radius 1 is 1.00 bits per heavy atom. The van der Waals surface area contributed by atoms with Crippen LogP contribution in [0.3, 0.4) is 0 Å². The molecule has 0 radical (unpaired) electrons. The zero-order valence-electron chi connectivity index (χ0n) is 7.59. The molecule has 0 aliphatic carbocycles. The van der Waals surface area contributed by atoms with Crippen LogP contribution in [0.5, 0.6) is 0 Å². The Labute approximate surface area is 89.6 Å². The molecular weight excluding hydrogens is 239 g/mol. The van der Waals surface area contributed by atoms with Gasteiger partial charge in [0, 0.05) is 0 Å². The van der Waals surface area contributed by atoms with Crippen LogP contribution < -0.4 is 4.46 Å². The first-order chi connectivity index (χ1) is 6.95. The molecule has 0 bridgehead atoms. The van der Waals surface area contributed by atoms with E-state index in [0.717, 1.165) is 5.76 Å². The van der Waals surface area contributed by atoms with Crippen LogP contribution >= 0.6 is 0 Å². The van der Waals surface area contributed by atoms with Crippen LogP contribution in [-0.4, -0.2) is 15.0 Å². The van der Waals surface area contributed by atoms with E-state index in [-0.39, 0.29) is 0 Å². The van der Waals surface area contributed by atoms with E-state index in [2.05, 4.69) is 29.2 Å². The van der Waals surface area contributed by atoms with E-state index in [4.69, 9.17) is 4.42 Å². The molecule has 1 aromatic heterocycles. The van der Waals surface area contributed by atoms with Crippen LogP contribution in [0.15, 0.2) is 58.1 Å². The minimum absolute atomic E-state index is 0.397. The van der Waals surface area contributed by atoms with Crippen molar-refractivity contribution in [3.05, 3.63) is 59.5 Å². The van der Waals surface area contributed by atoms with E-state index >= 15 is 0 Å². The van der Waals surface area contributed by atoms with Gasteiger partial charge in [-0.15, -0.1) is 0 Å². The van der Waals surface area contributed by atoms with Crippen molar-refractivity contribution in [3.63, 3.8) is 0 Å². The molecule has 70 valence electrons. The second-order valence-electron chi connectivity index (χ2n) is 2.75. The Morgan fingerprint density at radius 3 is 2.57 bits per heavy atom. The van der Waals surface area contributed by atoms with Crippen molar-refractivity contribution in [2.75, 3.05) is 0 Å². The van der Waals surface area contributed by atoms with E-state index in [1.807, 2.05) is 24.3 Å². The molecule has 2 aromatic rings. The number of benzene rings is 1. The van der Waals surface area contributed by atoms with Gasteiger partial charge in [0.05, 0.1) is 0 Å². The van der Waals surface area contributed by atoms with Gasteiger partial charge in [-0.2, -0.15) is 0 Å². The van der Waals surface area contributed by atoms with E-state index in [9.17, 15) is 0 Å². The molecule has 0 saturated carbocycles. The molecule has 0 unspecified atom stereocenters. The number of rotatable bonds is 3. The predicted octanol–water partition coefficient (Wildman–Crippen LogP) is 2.28. The quantitative estimate of drug-likeness (QED) is 0.760. The fourth-order valence-corrected chi connectivity index (χ4v) is 2.48. The fraction of sp³-hybridized carbons (Fsp3) is 0. The summed E-state index contributed by atoms with van der Waals surface area (Å²) in [5.74, 6) is 0.919. The first-order valence-electron chi connectivity index (χ1n) is 4.37. The van der Waals surface area contributed by atoms with Gasteiger partial charge >= 0.3 is 89.4 Å². The first kappa shape index (κ1) is 9.32. The van der Waals surface area contributed by atoms with Gasteiger partial charge in [0.15, 0.2) is 0 Å². The third kappa shape index (κ3) is 2.62. The Kier molecular flexibility index (Phi) is 3.23. The van der Waals surface area contributed by atoms with E-state index < -0.39 is 0 Å². The van der Waals surface area contributed by atoms with Crippen molar-refractivity contribution in [1.29, 1.82) is 0 Å². The molecule has 2 heteroatoms. The van der Waals surface area contributed by atoms with E-state index in [1.54, 1.807) is 6.26 Å². The van der Waals surface area contributed by atoms with Gasteiger partial charge in [0.1, 0.15) is 0 Å². The van der Waals surface area contributed by atoms with Gasteiger partial charge in [-0.05, 0) is 0 Å². The summed E-state index contributed by atoms with van der Waals surface area (Å²) >= 11 is 0.397. The molecule has 14 heavy (non-hydrogen) atoms. The molecule has 0 saturated heterocycles. The molecule has 1 aromatic carbocycles.